The molecule has 3 nitrogen and oxygen atoms in total. The quantitative estimate of drug-likeness (QED) is 0.924. The van der Waals surface area contributed by atoms with Gasteiger partial charge in [-0.3, -0.25) is 0 Å². The number of para-hydroxylation sites is 1. The average Bonchev–Trinajstić information content (AvgIpc) is 2.81. The summed E-state index contributed by atoms with van der Waals surface area (Å²) in [5.74, 6) is 0. The van der Waals surface area contributed by atoms with E-state index in [1.54, 1.807) is 0 Å². The van der Waals surface area contributed by atoms with E-state index in [-0.39, 0.29) is 12.4 Å². The first kappa shape index (κ1) is 14.7. The van der Waals surface area contributed by atoms with Crippen LogP contribution in [-0.4, -0.2) is 9.78 Å². The van der Waals surface area contributed by atoms with Crippen molar-refractivity contribution < 1.29 is 0 Å². The van der Waals surface area contributed by atoms with Crippen molar-refractivity contribution in [3.8, 4) is 5.69 Å². The first-order valence-corrected chi connectivity index (χ1v) is 6.16. The first-order valence-electron chi connectivity index (χ1n) is 6.16. The maximum Gasteiger partial charge on any atom is 0.0693 e. The Hall–Kier alpha value is -1.32. The van der Waals surface area contributed by atoms with Gasteiger partial charge in [-0.15, -0.1) is 12.4 Å². The Labute approximate surface area is 114 Å². The Morgan fingerprint density at radius 3 is 2.50 bits per heavy atom. The van der Waals surface area contributed by atoms with Crippen LogP contribution in [0.5, 0.6) is 0 Å². The molecule has 0 fully saturated rings. The summed E-state index contributed by atoms with van der Waals surface area (Å²) in [6.45, 7) is 4.82. The van der Waals surface area contributed by atoms with Crippen LogP contribution in [0.3, 0.4) is 0 Å². The summed E-state index contributed by atoms with van der Waals surface area (Å²) in [5, 5.41) is 4.64. The van der Waals surface area contributed by atoms with Gasteiger partial charge in [-0.2, -0.15) is 5.10 Å². The molecule has 0 saturated heterocycles. The molecule has 2 rings (SSSR count). The normalized spacial score (nSPS) is 10.2. The monoisotopic (exact) mass is 265 g/mol. The average molecular weight is 266 g/mol. The van der Waals surface area contributed by atoms with Gasteiger partial charge in [0.15, 0.2) is 0 Å². The Bertz CT molecular complexity index is 505. The zero-order valence-corrected chi connectivity index (χ0v) is 11.7. The van der Waals surface area contributed by atoms with Crippen molar-refractivity contribution in [3.63, 3.8) is 0 Å². The van der Waals surface area contributed by atoms with Crippen molar-refractivity contribution in [1.29, 1.82) is 0 Å². The Morgan fingerprint density at radius 1 is 1.17 bits per heavy atom. The van der Waals surface area contributed by atoms with E-state index in [1.807, 2.05) is 16.8 Å². The molecule has 0 radical (unpaired) electrons. The fourth-order valence-electron chi connectivity index (χ4n) is 2.00. The molecule has 0 bridgehead atoms. The highest BCUT2D eigenvalue weighted by atomic mass is 35.5. The number of hydrogen-bond donors (Lipinski definition) is 1. The molecule has 2 aromatic rings. The van der Waals surface area contributed by atoms with Crippen molar-refractivity contribution in [1.82, 2.24) is 9.78 Å². The molecule has 0 aliphatic carbocycles. The number of aromatic nitrogens is 2. The van der Waals surface area contributed by atoms with Gasteiger partial charge in [0.25, 0.3) is 0 Å². The van der Waals surface area contributed by atoms with Gasteiger partial charge < -0.3 is 5.73 Å². The van der Waals surface area contributed by atoms with E-state index in [4.69, 9.17) is 5.73 Å². The molecule has 4 heteroatoms. The number of halogens is 1. The van der Waals surface area contributed by atoms with Gasteiger partial charge in [0, 0.05) is 12.2 Å². The van der Waals surface area contributed by atoms with Crippen LogP contribution in [-0.2, 0) is 19.4 Å². The number of benzene rings is 1. The molecule has 98 valence electrons. The third kappa shape index (κ3) is 2.74. The molecule has 0 aliphatic heterocycles. The Kier molecular flexibility index (Phi) is 5.38. The second kappa shape index (κ2) is 6.57. The molecule has 0 spiro atoms. The molecule has 18 heavy (non-hydrogen) atoms. The van der Waals surface area contributed by atoms with Crippen LogP contribution in [0.25, 0.3) is 5.69 Å². The molecule has 1 heterocycles. The van der Waals surface area contributed by atoms with E-state index in [1.165, 1.54) is 5.69 Å². The number of hydrogen-bond acceptors (Lipinski definition) is 2. The van der Waals surface area contributed by atoms with Crippen molar-refractivity contribution in [3.05, 3.63) is 47.3 Å². The maximum absolute atomic E-state index is 5.78. The lowest BCUT2D eigenvalue weighted by atomic mass is 10.1. The molecule has 0 saturated carbocycles. The summed E-state index contributed by atoms with van der Waals surface area (Å²) < 4.78 is 2.03. The topological polar surface area (TPSA) is 43.8 Å². The van der Waals surface area contributed by atoms with Crippen molar-refractivity contribution in [2.24, 2.45) is 5.73 Å². The predicted octanol–water partition coefficient (Wildman–Crippen LogP) is 2.88. The van der Waals surface area contributed by atoms with Crippen molar-refractivity contribution >= 4 is 12.4 Å². The minimum atomic E-state index is 0. The third-order valence-electron chi connectivity index (χ3n) is 3.00. The summed E-state index contributed by atoms with van der Waals surface area (Å²) >= 11 is 0. The molecule has 1 aromatic heterocycles. The highest BCUT2D eigenvalue weighted by molar-refractivity contribution is 5.85. The Balaban J connectivity index is 0.00000162. The van der Waals surface area contributed by atoms with Gasteiger partial charge in [-0.1, -0.05) is 32.0 Å². The molecule has 2 N–H and O–H groups in total. The van der Waals surface area contributed by atoms with Crippen LogP contribution in [0.4, 0.5) is 0 Å². The van der Waals surface area contributed by atoms with Gasteiger partial charge in [-0.25, -0.2) is 4.68 Å². The number of rotatable bonds is 4. The largest absolute Gasteiger partial charge is 0.326 e. The van der Waals surface area contributed by atoms with Gasteiger partial charge in [0.1, 0.15) is 0 Å². The number of nitrogens with zero attached hydrogens (tertiary/aromatic N) is 2. The van der Waals surface area contributed by atoms with E-state index in [2.05, 4.69) is 37.1 Å². The predicted molar refractivity (Wildman–Crippen MR) is 77.5 cm³/mol. The summed E-state index contributed by atoms with van der Waals surface area (Å²) in [6.07, 6.45) is 1.94. The maximum atomic E-state index is 5.78. The van der Waals surface area contributed by atoms with Gasteiger partial charge in [0.2, 0.25) is 0 Å². The summed E-state index contributed by atoms with van der Waals surface area (Å²) in [7, 11) is 0. The van der Waals surface area contributed by atoms with E-state index >= 15 is 0 Å². The van der Waals surface area contributed by atoms with E-state index in [0.717, 1.165) is 29.8 Å². The summed E-state index contributed by atoms with van der Waals surface area (Å²) in [6, 6.07) is 10.4. The fourth-order valence-corrected chi connectivity index (χ4v) is 2.00. The molecular weight excluding hydrogens is 246 g/mol. The summed E-state index contributed by atoms with van der Waals surface area (Å²) in [4.78, 5) is 0. The standard InChI is InChI=1S/C14H19N3.ClH/c1-3-12-9-13(4-2)17(16-12)14-8-6-5-7-11(14)10-15;/h5-9H,3-4,10,15H2,1-2H3;1H. The molecule has 0 amide bonds. The zero-order chi connectivity index (χ0) is 12.3. The number of nitrogens with two attached hydrogens (primary N) is 1. The third-order valence-corrected chi connectivity index (χ3v) is 3.00. The van der Waals surface area contributed by atoms with Gasteiger partial charge in [-0.05, 0) is 30.5 Å². The molecule has 0 atom stereocenters. The van der Waals surface area contributed by atoms with Crippen molar-refractivity contribution in [2.75, 3.05) is 0 Å². The lowest BCUT2D eigenvalue weighted by Crippen LogP contribution is -2.08. The highest BCUT2D eigenvalue weighted by Gasteiger charge is 2.09. The smallest absolute Gasteiger partial charge is 0.0693 e. The van der Waals surface area contributed by atoms with Crippen LogP contribution >= 0.6 is 12.4 Å². The molecule has 0 aliphatic rings. The van der Waals surface area contributed by atoms with Crippen molar-refractivity contribution in [2.45, 2.75) is 33.2 Å². The molecular formula is C14H20ClN3. The Morgan fingerprint density at radius 2 is 1.89 bits per heavy atom. The lowest BCUT2D eigenvalue weighted by Gasteiger charge is -2.10. The summed E-state index contributed by atoms with van der Waals surface area (Å²) in [5.41, 5.74) is 10.4. The van der Waals surface area contributed by atoms with E-state index in [9.17, 15) is 0 Å². The molecule has 1 aromatic carbocycles. The SMILES string of the molecule is CCc1cc(CC)n(-c2ccccc2CN)n1.Cl. The second-order valence-corrected chi connectivity index (χ2v) is 4.08. The van der Waals surface area contributed by atoms with Gasteiger partial charge in [0.05, 0.1) is 11.4 Å². The van der Waals surface area contributed by atoms with Crippen LogP contribution in [0.15, 0.2) is 30.3 Å². The fraction of sp³-hybridized carbons (Fsp3) is 0.357. The second-order valence-electron chi connectivity index (χ2n) is 4.08. The highest BCUT2D eigenvalue weighted by Crippen LogP contribution is 2.17. The van der Waals surface area contributed by atoms with Crippen LogP contribution in [0, 0.1) is 0 Å². The van der Waals surface area contributed by atoms with E-state index < -0.39 is 0 Å². The van der Waals surface area contributed by atoms with E-state index in [0.29, 0.717) is 6.54 Å². The molecule has 0 unspecified atom stereocenters. The minimum Gasteiger partial charge on any atom is -0.326 e. The number of aryl methyl sites for hydroxylation is 2. The lowest BCUT2D eigenvalue weighted by molar-refractivity contribution is 0.783. The zero-order valence-electron chi connectivity index (χ0n) is 10.9. The van der Waals surface area contributed by atoms with Crippen LogP contribution in [0.1, 0.15) is 30.8 Å². The van der Waals surface area contributed by atoms with Gasteiger partial charge >= 0.3 is 0 Å². The minimum absolute atomic E-state index is 0. The first-order chi connectivity index (χ1) is 8.30. The van der Waals surface area contributed by atoms with Crippen LogP contribution < -0.4 is 5.73 Å². The van der Waals surface area contributed by atoms with Crippen LogP contribution in [0.2, 0.25) is 0 Å².